The molecule has 1 unspecified atom stereocenters. The molecule has 0 aliphatic rings. The normalized spacial score (nSPS) is 12.4. The fraction of sp³-hybridized carbons (Fsp3) is 0.364. The third-order valence-electron chi connectivity index (χ3n) is 4.95. The van der Waals surface area contributed by atoms with E-state index in [0.29, 0.717) is 16.8 Å². The average Bonchev–Trinajstić information content (AvgIpc) is 2.62. The number of ether oxygens (including phenoxy) is 1. The summed E-state index contributed by atoms with van der Waals surface area (Å²) < 4.78 is 18.9. The smallest absolute Gasteiger partial charge is 0.344 e. The van der Waals surface area contributed by atoms with Gasteiger partial charge in [-0.2, -0.15) is 0 Å². The second kappa shape index (κ2) is 9.29. The van der Waals surface area contributed by atoms with Crippen molar-refractivity contribution >= 4 is 24.8 Å². The summed E-state index contributed by atoms with van der Waals surface area (Å²) in [5.41, 5.74) is 2.58. The molecule has 1 N–H and O–H groups in total. The summed E-state index contributed by atoms with van der Waals surface area (Å²) in [4.78, 5) is 25.1. The van der Waals surface area contributed by atoms with Crippen molar-refractivity contribution in [1.29, 1.82) is 0 Å². The van der Waals surface area contributed by atoms with E-state index in [9.17, 15) is 14.0 Å². The van der Waals surface area contributed by atoms with Crippen LogP contribution in [0.15, 0.2) is 42.5 Å². The van der Waals surface area contributed by atoms with Crippen molar-refractivity contribution in [2.24, 2.45) is 0 Å². The summed E-state index contributed by atoms with van der Waals surface area (Å²) in [6.45, 7) is 9.54. The Bertz CT molecular complexity index is 829. The van der Waals surface area contributed by atoms with E-state index in [1.807, 2.05) is 50.6 Å². The molecule has 0 fully saturated rings. The van der Waals surface area contributed by atoms with Crippen molar-refractivity contribution in [1.82, 2.24) is 0 Å². The Morgan fingerprint density at radius 3 is 2.25 bits per heavy atom. The van der Waals surface area contributed by atoms with Gasteiger partial charge < -0.3 is 10.1 Å². The van der Waals surface area contributed by atoms with Crippen LogP contribution in [-0.4, -0.2) is 37.0 Å². The summed E-state index contributed by atoms with van der Waals surface area (Å²) in [7, 11) is -1.90. The van der Waals surface area contributed by atoms with E-state index in [0.717, 1.165) is 5.56 Å². The fourth-order valence-electron chi connectivity index (χ4n) is 2.91. The summed E-state index contributed by atoms with van der Waals surface area (Å²) in [5.74, 6) is -0.780. The Hall–Kier alpha value is -2.26. The molecule has 0 aromatic heterocycles. The Balaban J connectivity index is 1.98. The Kier molecular flexibility index (Phi) is 7.31. The molecule has 0 spiro atoms. The highest BCUT2D eigenvalue weighted by Crippen LogP contribution is 2.56. The molecule has 0 aliphatic carbocycles. The monoisotopic (exact) mass is 404 g/mol. The average molecular weight is 404 g/mol. The number of halogens is 1. The zero-order chi connectivity index (χ0) is 20.9. The van der Waals surface area contributed by atoms with Crippen LogP contribution in [0.2, 0.25) is 0 Å². The van der Waals surface area contributed by atoms with Crippen LogP contribution >= 0.6 is 7.26 Å². The lowest BCUT2D eigenvalue weighted by Gasteiger charge is -2.24. The van der Waals surface area contributed by atoms with Gasteiger partial charge in [-0.3, -0.25) is 4.79 Å². The Morgan fingerprint density at radius 2 is 1.68 bits per heavy atom. The van der Waals surface area contributed by atoms with Crippen LogP contribution in [0.3, 0.4) is 0 Å². The molecule has 0 radical (unpaired) electrons. The van der Waals surface area contributed by atoms with Crippen LogP contribution in [0.4, 0.5) is 10.1 Å². The lowest BCUT2D eigenvalue weighted by molar-refractivity contribution is -0.141. The number of esters is 1. The van der Waals surface area contributed by atoms with Crippen LogP contribution in [0, 0.1) is 19.7 Å². The van der Waals surface area contributed by atoms with E-state index >= 15 is 0 Å². The topological polar surface area (TPSA) is 55.4 Å². The summed E-state index contributed by atoms with van der Waals surface area (Å²) >= 11 is 0. The number of aryl methyl sites for hydroxylation is 2. The number of carbonyl (C=O) groups excluding carboxylic acids is 2. The van der Waals surface area contributed by atoms with Gasteiger partial charge in [0.15, 0.2) is 6.16 Å². The van der Waals surface area contributed by atoms with E-state index in [4.69, 9.17) is 4.74 Å². The molecule has 150 valence electrons. The number of anilines is 1. The lowest BCUT2D eigenvalue weighted by Crippen LogP contribution is -2.30. The van der Waals surface area contributed by atoms with Gasteiger partial charge in [-0.15, -0.1) is 0 Å². The standard InChI is InChI=1S/C22H27FNO3P/c1-15-11-19(23)12-16(2)21(15)24-22(26)17(3)28(4,5)14-20(25)27-13-18-9-7-6-8-10-18/h6-12,17H,13-14H2,1-5H3/p+1. The molecule has 0 saturated heterocycles. The first-order valence-corrected chi connectivity index (χ1v) is 12.1. The summed E-state index contributed by atoms with van der Waals surface area (Å²) in [6.07, 6.45) is 0.232. The zero-order valence-corrected chi connectivity index (χ0v) is 18.0. The predicted octanol–water partition coefficient (Wildman–Crippen LogP) is 4.79. The molecule has 2 aromatic carbocycles. The summed E-state index contributed by atoms with van der Waals surface area (Å²) in [6, 6.07) is 12.3. The van der Waals surface area contributed by atoms with Gasteiger partial charge >= 0.3 is 5.97 Å². The minimum absolute atomic E-state index is 0.160. The first-order valence-electron chi connectivity index (χ1n) is 9.20. The maximum absolute atomic E-state index is 13.5. The summed E-state index contributed by atoms with van der Waals surface area (Å²) in [5, 5.41) is 2.91. The predicted molar refractivity (Wildman–Crippen MR) is 114 cm³/mol. The molecule has 0 saturated carbocycles. The minimum atomic E-state index is -1.90. The van der Waals surface area contributed by atoms with Crippen molar-refractivity contribution in [2.45, 2.75) is 33.0 Å². The van der Waals surface area contributed by atoms with Gasteiger partial charge in [0, 0.05) is 26.3 Å². The van der Waals surface area contributed by atoms with Gasteiger partial charge in [0.2, 0.25) is 0 Å². The van der Waals surface area contributed by atoms with Crippen LogP contribution in [-0.2, 0) is 20.9 Å². The second-order valence-corrected chi connectivity index (χ2v) is 12.3. The molecular weight excluding hydrogens is 376 g/mol. The third-order valence-corrected chi connectivity index (χ3v) is 8.36. The van der Waals surface area contributed by atoms with E-state index < -0.39 is 7.26 Å². The largest absolute Gasteiger partial charge is 0.458 e. The molecule has 1 atom stereocenters. The number of hydrogen-bond donors (Lipinski definition) is 1. The number of amides is 1. The van der Waals surface area contributed by atoms with Crippen molar-refractivity contribution in [3.8, 4) is 0 Å². The molecule has 2 rings (SSSR count). The first kappa shape index (κ1) is 22.0. The highest BCUT2D eigenvalue weighted by Gasteiger charge is 2.41. The fourth-order valence-corrected chi connectivity index (χ4v) is 4.64. The molecule has 1 amide bonds. The number of hydrogen-bond acceptors (Lipinski definition) is 3. The maximum atomic E-state index is 13.5. The molecule has 28 heavy (non-hydrogen) atoms. The van der Waals surface area contributed by atoms with Crippen LogP contribution in [0.5, 0.6) is 0 Å². The minimum Gasteiger partial charge on any atom is -0.458 e. The number of rotatable bonds is 7. The van der Waals surface area contributed by atoms with Crippen molar-refractivity contribution in [3.63, 3.8) is 0 Å². The van der Waals surface area contributed by atoms with Gasteiger partial charge in [-0.1, -0.05) is 30.3 Å². The van der Waals surface area contributed by atoms with Gasteiger partial charge in [-0.05, 0) is 49.6 Å². The third kappa shape index (κ3) is 5.87. The quantitative estimate of drug-likeness (QED) is 0.533. The zero-order valence-electron chi connectivity index (χ0n) is 17.1. The molecule has 6 heteroatoms. The van der Waals surface area contributed by atoms with Crippen LogP contribution in [0.25, 0.3) is 0 Å². The number of benzene rings is 2. The van der Waals surface area contributed by atoms with E-state index in [2.05, 4.69) is 5.32 Å². The van der Waals surface area contributed by atoms with E-state index in [1.165, 1.54) is 12.1 Å². The molecule has 0 aliphatic heterocycles. The van der Waals surface area contributed by atoms with Crippen molar-refractivity contribution in [3.05, 3.63) is 65.0 Å². The highest BCUT2D eigenvalue weighted by molar-refractivity contribution is 7.76. The lowest BCUT2D eigenvalue weighted by atomic mass is 10.1. The van der Waals surface area contributed by atoms with Gasteiger partial charge in [0.1, 0.15) is 18.1 Å². The highest BCUT2D eigenvalue weighted by atomic mass is 31.2. The Labute approximate surface area is 166 Å². The number of carbonyl (C=O) groups is 2. The SMILES string of the molecule is Cc1cc(F)cc(C)c1NC(=O)C(C)[P+](C)(C)CC(=O)OCc1ccccc1. The van der Waals surface area contributed by atoms with Gasteiger partial charge in [0.05, 0.1) is 0 Å². The Morgan fingerprint density at radius 1 is 1.11 bits per heavy atom. The van der Waals surface area contributed by atoms with Crippen LogP contribution in [0.1, 0.15) is 23.6 Å². The molecule has 0 bridgehead atoms. The molecule has 0 heterocycles. The maximum Gasteiger partial charge on any atom is 0.344 e. The molecule has 4 nitrogen and oxygen atoms in total. The van der Waals surface area contributed by atoms with Crippen molar-refractivity contribution in [2.75, 3.05) is 24.8 Å². The van der Waals surface area contributed by atoms with Crippen LogP contribution < -0.4 is 5.32 Å². The first-order chi connectivity index (χ1) is 13.1. The number of nitrogens with one attached hydrogen (secondary N) is 1. The van der Waals surface area contributed by atoms with Crippen molar-refractivity contribution < 1.29 is 18.7 Å². The molecular formula is C22H28FNO3P+. The second-order valence-electron chi connectivity index (χ2n) is 7.66. The van der Waals surface area contributed by atoms with Gasteiger partial charge in [-0.25, -0.2) is 9.18 Å². The molecule has 2 aromatic rings. The van der Waals surface area contributed by atoms with Gasteiger partial charge in [0.25, 0.3) is 5.91 Å². The van der Waals surface area contributed by atoms with E-state index in [-0.39, 0.29) is 36.1 Å². The van der Waals surface area contributed by atoms with E-state index in [1.54, 1.807) is 13.8 Å².